The summed E-state index contributed by atoms with van der Waals surface area (Å²) in [6.07, 6.45) is 7.06. The van der Waals surface area contributed by atoms with Gasteiger partial charge < -0.3 is 9.88 Å². The van der Waals surface area contributed by atoms with Gasteiger partial charge in [-0.25, -0.2) is 4.98 Å². The van der Waals surface area contributed by atoms with Gasteiger partial charge in [-0.3, -0.25) is 14.8 Å². The van der Waals surface area contributed by atoms with E-state index >= 15 is 0 Å². The van der Waals surface area contributed by atoms with Crippen LogP contribution in [-0.2, 0) is 18.8 Å². The molecule has 5 rings (SSSR count). The van der Waals surface area contributed by atoms with Crippen molar-refractivity contribution in [3.05, 3.63) is 119 Å². The van der Waals surface area contributed by atoms with Crippen LogP contribution in [0.3, 0.4) is 0 Å². The first kappa shape index (κ1) is 23.1. The van der Waals surface area contributed by atoms with Crippen LogP contribution in [0.4, 0.5) is 0 Å². The normalized spacial score (nSPS) is 11.0. The van der Waals surface area contributed by atoms with Gasteiger partial charge in [-0.1, -0.05) is 53.7 Å². The first-order valence-electron chi connectivity index (χ1n) is 11.1. The average Bonchev–Trinajstić information content (AvgIpc) is 3.25. The van der Waals surface area contributed by atoms with Crippen molar-refractivity contribution < 1.29 is 4.79 Å². The number of thioether (sulfide) groups is 1. The van der Waals surface area contributed by atoms with E-state index < -0.39 is 0 Å². The van der Waals surface area contributed by atoms with Crippen molar-refractivity contribution in [3.8, 4) is 0 Å². The fourth-order valence-corrected chi connectivity index (χ4v) is 4.77. The molecule has 2 aromatic carbocycles. The first-order chi connectivity index (χ1) is 17.2. The Morgan fingerprint density at radius 1 is 0.886 bits per heavy atom. The number of rotatable bonds is 8. The largest absolute Gasteiger partial charge is 0.348 e. The lowest BCUT2D eigenvalue weighted by atomic mass is 10.1. The molecule has 0 aliphatic heterocycles. The number of hydrogen-bond donors (Lipinski definition) is 1. The summed E-state index contributed by atoms with van der Waals surface area (Å²) in [6.45, 7) is 1.07. The van der Waals surface area contributed by atoms with Crippen LogP contribution < -0.4 is 5.32 Å². The average molecular weight is 500 g/mol. The van der Waals surface area contributed by atoms with Crippen molar-refractivity contribution in [2.45, 2.75) is 24.0 Å². The van der Waals surface area contributed by atoms with E-state index in [0.717, 1.165) is 38.1 Å². The van der Waals surface area contributed by atoms with Crippen LogP contribution >= 0.6 is 23.4 Å². The Morgan fingerprint density at radius 3 is 2.43 bits per heavy atom. The summed E-state index contributed by atoms with van der Waals surface area (Å²) in [5.41, 5.74) is 5.71. The summed E-state index contributed by atoms with van der Waals surface area (Å²) in [5, 5.41) is 4.58. The second kappa shape index (κ2) is 10.7. The van der Waals surface area contributed by atoms with E-state index in [2.05, 4.69) is 19.9 Å². The third kappa shape index (κ3) is 5.70. The zero-order valence-electron chi connectivity index (χ0n) is 18.8. The maximum atomic E-state index is 12.5. The lowest BCUT2D eigenvalue weighted by Crippen LogP contribution is -2.22. The molecule has 0 bridgehead atoms. The van der Waals surface area contributed by atoms with Gasteiger partial charge in [-0.15, -0.1) is 0 Å². The molecule has 3 heterocycles. The SMILES string of the molecule is O=C(NCc1cccnc1)c1ccc(Cn2c(SCc3ccc(Cl)cc3)nc3ccncc32)cc1. The minimum atomic E-state index is -0.114. The molecule has 1 amide bonds. The lowest BCUT2D eigenvalue weighted by Gasteiger charge is -2.10. The Kier molecular flexibility index (Phi) is 7.07. The van der Waals surface area contributed by atoms with Gasteiger partial charge in [0, 0.05) is 41.5 Å². The Hall–Kier alpha value is -3.68. The number of benzene rings is 2. The highest BCUT2D eigenvalue weighted by molar-refractivity contribution is 7.98. The molecule has 0 saturated carbocycles. The minimum Gasteiger partial charge on any atom is -0.348 e. The van der Waals surface area contributed by atoms with E-state index in [9.17, 15) is 4.79 Å². The number of halogens is 1. The molecule has 0 spiro atoms. The molecular weight excluding hydrogens is 478 g/mol. The van der Waals surface area contributed by atoms with Gasteiger partial charge in [0.05, 0.1) is 23.8 Å². The van der Waals surface area contributed by atoms with E-state index in [0.29, 0.717) is 18.7 Å². The maximum absolute atomic E-state index is 12.5. The zero-order valence-corrected chi connectivity index (χ0v) is 20.3. The number of imidazole rings is 1. The Morgan fingerprint density at radius 2 is 1.66 bits per heavy atom. The van der Waals surface area contributed by atoms with Crippen LogP contribution in [-0.4, -0.2) is 25.4 Å². The number of nitrogens with zero attached hydrogens (tertiary/aromatic N) is 4. The fourth-order valence-electron chi connectivity index (χ4n) is 3.67. The van der Waals surface area contributed by atoms with Crippen LogP contribution in [0.5, 0.6) is 0 Å². The molecule has 0 aliphatic carbocycles. The number of carbonyl (C=O) groups is 1. The minimum absolute atomic E-state index is 0.114. The highest BCUT2D eigenvalue weighted by Gasteiger charge is 2.13. The Labute approximate surface area is 212 Å². The third-order valence-electron chi connectivity index (χ3n) is 5.53. The number of hydrogen-bond acceptors (Lipinski definition) is 5. The van der Waals surface area contributed by atoms with E-state index in [4.69, 9.17) is 16.6 Å². The smallest absolute Gasteiger partial charge is 0.251 e. The Bertz CT molecular complexity index is 1440. The van der Waals surface area contributed by atoms with Crippen molar-refractivity contribution in [2.24, 2.45) is 0 Å². The van der Waals surface area contributed by atoms with Crippen LogP contribution in [0.15, 0.2) is 96.7 Å². The topological polar surface area (TPSA) is 72.7 Å². The highest BCUT2D eigenvalue weighted by Crippen LogP contribution is 2.28. The summed E-state index contributed by atoms with van der Waals surface area (Å²) in [7, 11) is 0. The molecule has 35 heavy (non-hydrogen) atoms. The van der Waals surface area contributed by atoms with Gasteiger partial charge in [0.15, 0.2) is 5.16 Å². The molecule has 174 valence electrons. The molecule has 3 aromatic heterocycles. The van der Waals surface area contributed by atoms with Gasteiger partial charge in [0.1, 0.15) is 0 Å². The van der Waals surface area contributed by atoms with Crippen molar-refractivity contribution in [3.63, 3.8) is 0 Å². The van der Waals surface area contributed by atoms with Gasteiger partial charge in [0.2, 0.25) is 0 Å². The molecule has 0 atom stereocenters. The number of amides is 1. The Balaban J connectivity index is 1.30. The first-order valence-corrected chi connectivity index (χ1v) is 12.5. The molecule has 0 aliphatic rings. The number of nitrogens with one attached hydrogen (secondary N) is 1. The predicted molar refractivity (Wildman–Crippen MR) is 139 cm³/mol. The van der Waals surface area contributed by atoms with E-state index in [1.807, 2.05) is 72.9 Å². The number of aromatic nitrogens is 4. The summed E-state index contributed by atoms with van der Waals surface area (Å²) >= 11 is 7.69. The molecule has 0 saturated heterocycles. The van der Waals surface area contributed by atoms with Crippen LogP contribution in [0.1, 0.15) is 27.0 Å². The second-order valence-corrected chi connectivity index (χ2v) is 9.38. The molecule has 1 N–H and O–H groups in total. The van der Waals surface area contributed by atoms with Crippen molar-refractivity contribution >= 4 is 40.3 Å². The van der Waals surface area contributed by atoms with Crippen molar-refractivity contribution in [2.75, 3.05) is 0 Å². The van der Waals surface area contributed by atoms with Gasteiger partial charge in [-0.2, -0.15) is 0 Å². The van der Waals surface area contributed by atoms with Gasteiger partial charge in [-0.05, 0) is 53.1 Å². The van der Waals surface area contributed by atoms with Crippen molar-refractivity contribution in [1.82, 2.24) is 24.8 Å². The summed E-state index contributed by atoms with van der Waals surface area (Å²) in [4.78, 5) is 25.8. The van der Waals surface area contributed by atoms with Crippen LogP contribution in [0.2, 0.25) is 5.02 Å². The van der Waals surface area contributed by atoms with Crippen molar-refractivity contribution in [1.29, 1.82) is 0 Å². The summed E-state index contributed by atoms with van der Waals surface area (Å²) in [5.74, 6) is 0.668. The number of carbonyl (C=O) groups excluding carboxylic acids is 1. The zero-order chi connectivity index (χ0) is 24.0. The van der Waals surface area contributed by atoms with Crippen LogP contribution in [0, 0.1) is 0 Å². The predicted octanol–water partition coefficient (Wildman–Crippen LogP) is 5.75. The summed E-state index contributed by atoms with van der Waals surface area (Å²) < 4.78 is 2.17. The lowest BCUT2D eigenvalue weighted by molar-refractivity contribution is 0.0951. The quantitative estimate of drug-likeness (QED) is 0.275. The number of fused-ring (bicyclic) bond motifs is 1. The monoisotopic (exact) mass is 499 g/mol. The molecule has 5 aromatic rings. The standard InChI is InChI=1S/C27H22ClN5OS/c28-23-9-5-20(6-10-23)18-35-27-32-24-11-13-30-16-25(24)33(27)17-19-3-7-22(8-4-19)26(34)31-15-21-2-1-12-29-14-21/h1-14,16H,15,17-18H2,(H,31,34). The van der Waals surface area contributed by atoms with E-state index in [1.165, 1.54) is 5.56 Å². The molecule has 0 fully saturated rings. The maximum Gasteiger partial charge on any atom is 0.251 e. The van der Waals surface area contributed by atoms with E-state index in [1.54, 1.807) is 30.4 Å². The molecule has 6 nitrogen and oxygen atoms in total. The molecule has 0 radical (unpaired) electrons. The van der Waals surface area contributed by atoms with Gasteiger partial charge >= 0.3 is 0 Å². The second-order valence-electron chi connectivity index (χ2n) is 8.00. The fraction of sp³-hybridized carbons (Fsp3) is 0.111. The third-order valence-corrected chi connectivity index (χ3v) is 6.83. The van der Waals surface area contributed by atoms with E-state index in [-0.39, 0.29) is 5.91 Å². The number of pyridine rings is 2. The highest BCUT2D eigenvalue weighted by atomic mass is 35.5. The van der Waals surface area contributed by atoms with Crippen LogP contribution in [0.25, 0.3) is 11.0 Å². The van der Waals surface area contributed by atoms with Gasteiger partial charge in [0.25, 0.3) is 5.91 Å². The summed E-state index contributed by atoms with van der Waals surface area (Å²) in [6, 6.07) is 21.2. The molecular formula is C27H22ClN5OS. The molecule has 8 heteroatoms. The molecule has 0 unspecified atom stereocenters.